The van der Waals surface area contributed by atoms with Gasteiger partial charge in [-0.2, -0.15) is 0 Å². The van der Waals surface area contributed by atoms with Crippen molar-refractivity contribution in [2.24, 2.45) is 5.92 Å². The molecular formula is C16H20ClFO2. The number of carbonyl (C=O) groups excluding carboxylic acids is 1. The van der Waals surface area contributed by atoms with Crippen molar-refractivity contribution in [3.63, 3.8) is 0 Å². The maximum atomic E-state index is 13.1. The molecule has 0 radical (unpaired) electrons. The van der Waals surface area contributed by atoms with Crippen LogP contribution >= 0.6 is 11.6 Å². The minimum atomic E-state index is -0.460. The van der Waals surface area contributed by atoms with Gasteiger partial charge in [-0.05, 0) is 36.5 Å². The highest BCUT2D eigenvalue weighted by Crippen LogP contribution is 2.29. The van der Waals surface area contributed by atoms with Crippen LogP contribution in [0.1, 0.15) is 37.7 Å². The van der Waals surface area contributed by atoms with Crippen molar-refractivity contribution in [2.75, 3.05) is 7.11 Å². The predicted octanol–water partition coefficient (Wildman–Crippen LogP) is 4.19. The number of carbonyl (C=O) groups is 1. The Bertz CT molecular complexity index is 470. The Morgan fingerprint density at radius 3 is 2.70 bits per heavy atom. The third-order valence-electron chi connectivity index (χ3n) is 4.01. The van der Waals surface area contributed by atoms with Gasteiger partial charge < -0.3 is 4.74 Å². The number of ether oxygens (including phenoxy) is 1. The van der Waals surface area contributed by atoms with E-state index >= 15 is 0 Å². The molecular weight excluding hydrogens is 279 g/mol. The number of ketones is 1. The Hall–Kier alpha value is -0.930. The predicted molar refractivity (Wildman–Crippen MR) is 77.5 cm³/mol. The summed E-state index contributed by atoms with van der Waals surface area (Å²) in [4.78, 5) is 12.4. The fraction of sp³-hybridized carbons (Fsp3) is 0.562. The highest BCUT2D eigenvalue weighted by Gasteiger charge is 2.29. The summed E-state index contributed by atoms with van der Waals surface area (Å²) in [7, 11) is 1.59. The minimum Gasteiger partial charge on any atom is -0.373 e. The third-order valence-corrected chi connectivity index (χ3v) is 4.30. The van der Waals surface area contributed by atoms with E-state index in [9.17, 15) is 9.18 Å². The van der Waals surface area contributed by atoms with Crippen LogP contribution in [0.3, 0.4) is 0 Å². The summed E-state index contributed by atoms with van der Waals surface area (Å²) in [6, 6.07) is 4.42. The fourth-order valence-electron chi connectivity index (χ4n) is 2.98. The van der Waals surface area contributed by atoms with Crippen molar-refractivity contribution in [3.05, 3.63) is 34.6 Å². The zero-order chi connectivity index (χ0) is 14.5. The molecule has 0 spiro atoms. The van der Waals surface area contributed by atoms with Crippen LogP contribution in [0.15, 0.2) is 18.2 Å². The van der Waals surface area contributed by atoms with E-state index in [1.807, 2.05) is 0 Å². The molecule has 1 aliphatic rings. The van der Waals surface area contributed by atoms with Crippen LogP contribution in [-0.2, 0) is 16.0 Å². The maximum absolute atomic E-state index is 13.1. The lowest BCUT2D eigenvalue weighted by atomic mass is 9.82. The molecule has 1 aromatic rings. The Kier molecular flexibility index (Phi) is 5.55. The summed E-state index contributed by atoms with van der Waals surface area (Å²) in [5.74, 6) is -0.0855. The molecule has 0 N–H and O–H groups in total. The van der Waals surface area contributed by atoms with Crippen LogP contribution in [0, 0.1) is 11.7 Å². The topological polar surface area (TPSA) is 26.3 Å². The van der Waals surface area contributed by atoms with Gasteiger partial charge in [0.25, 0.3) is 0 Å². The highest BCUT2D eigenvalue weighted by molar-refractivity contribution is 6.30. The van der Waals surface area contributed by atoms with Gasteiger partial charge in [0.05, 0.1) is 5.02 Å². The maximum Gasteiger partial charge on any atom is 0.166 e. The van der Waals surface area contributed by atoms with Crippen LogP contribution in [0.25, 0.3) is 0 Å². The number of hydrogen-bond acceptors (Lipinski definition) is 2. The first-order valence-corrected chi connectivity index (χ1v) is 7.49. The zero-order valence-corrected chi connectivity index (χ0v) is 12.5. The molecule has 0 bridgehead atoms. The Labute approximate surface area is 124 Å². The first-order valence-electron chi connectivity index (χ1n) is 7.11. The monoisotopic (exact) mass is 298 g/mol. The molecule has 1 fully saturated rings. The van der Waals surface area contributed by atoms with E-state index in [0.717, 1.165) is 18.4 Å². The molecule has 110 valence electrons. The van der Waals surface area contributed by atoms with Crippen LogP contribution in [-0.4, -0.2) is 19.0 Å². The number of rotatable bonds is 5. The van der Waals surface area contributed by atoms with Crippen molar-refractivity contribution in [1.82, 2.24) is 0 Å². The van der Waals surface area contributed by atoms with E-state index in [1.165, 1.54) is 31.4 Å². The van der Waals surface area contributed by atoms with Gasteiger partial charge in [0.1, 0.15) is 11.9 Å². The van der Waals surface area contributed by atoms with E-state index in [4.69, 9.17) is 16.3 Å². The van der Waals surface area contributed by atoms with Crippen molar-refractivity contribution in [1.29, 1.82) is 0 Å². The van der Waals surface area contributed by atoms with Gasteiger partial charge in [-0.3, -0.25) is 4.79 Å². The molecule has 1 aromatic carbocycles. The van der Waals surface area contributed by atoms with E-state index in [0.29, 0.717) is 5.92 Å². The van der Waals surface area contributed by atoms with Crippen molar-refractivity contribution in [3.8, 4) is 0 Å². The molecule has 0 aliphatic heterocycles. The van der Waals surface area contributed by atoms with Crippen LogP contribution in [0.2, 0.25) is 5.02 Å². The molecule has 2 nitrogen and oxygen atoms in total. The molecule has 0 heterocycles. The van der Waals surface area contributed by atoms with E-state index in [-0.39, 0.29) is 23.3 Å². The minimum absolute atomic E-state index is 0.0573. The molecule has 4 heteroatoms. The van der Waals surface area contributed by atoms with Gasteiger partial charge in [-0.15, -0.1) is 0 Å². The molecule has 2 rings (SSSR count). The van der Waals surface area contributed by atoms with Gasteiger partial charge in [0, 0.05) is 13.5 Å². The van der Waals surface area contributed by atoms with E-state index in [1.54, 1.807) is 13.2 Å². The average molecular weight is 299 g/mol. The van der Waals surface area contributed by atoms with Crippen LogP contribution in [0.4, 0.5) is 4.39 Å². The Balaban J connectivity index is 2.02. The lowest BCUT2D eigenvalue weighted by Gasteiger charge is -2.28. The van der Waals surface area contributed by atoms with Gasteiger partial charge in [-0.1, -0.05) is 36.9 Å². The summed E-state index contributed by atoms with van der Waals surface area (Å²) in [5.41, 5.74) is 0.735. The summed E-state index contributed by atoms with van der Waals surface area (Å²) in [5, 5.41) is 0.0573. The Morgan fingerprint density at radius 2 is 2.10 bits per heavy atom. The zero-order valence-electron chi connectivity index (χ0n) is 11.7. The van der Waals surface area contributed by atoms with Crippen molar-refractivity contribution >= 4 is 17.4 Å². The lowest BCUT2D eigenvalue weighted by molar-refractivity contribution is -0.132. The molecule has 1 saturated carbocycles. The quantitative estimate of drug-likeness (QED) is 0.815. The molecule has 0 amide bonds. The first kappa shape index (κ1) is 15.5. The van der Waals surface area contributed by atoms with Gasteiger partial charge in [-0.25, -0.2) is 4.39 Å². The second-order valence-electron chi connectivity index (χ2n) is 5.45. The molecule has 1 aliphatic carbocycles. The number of hydrogen-bond donors (Lipinski definition) is 0. The van der Waals surface area contributed by atoms with Crippen molar-refractivity contribution < 1.29 is 13.9 Å². The van der Waals surface area contributed by atoms with E-state index in [2.05, 4.69) is 0 Å². The molecule has 0 aromatic heterocycles. The van der Waals surface area contributed by atoms with Crippen molar-refractivity contribution in [2.45, 2.75) is 44.6 Å². The standard InChI is InChI=1S/C16H20ClFO2/c1-20-16(12-5-3-2-4-6-12)15(19)10-11-7-8-14(18)13(17)9-11/h7-9,12,16H,2-6,10H2,1H3. The summed E-state index contributed by atoms with van der Waals surface area (Å²) in [6.07, 6.45) is 5.58. The molecule has 1 atom stereocenters. The van der Waals surface area contributed by atoms with Crippen LogP contribution in [0.5, 0.6) is 0 Å². The van der Waals surface area contributed by atoms with E-state index < -0.39 is 5.82 Å². The largest absolute Gasteiger partial charge is 0.373 e. The normalized spacial score (nSPS) is 17.9. The number of methoxy groups -OCH3 is 1. The molecule has 20 heavy (non-hydrogen) atoms. The average Bonchev–Trinajstić information content (AvgIpc) is 2.45. The second kappa shape index (κ2) is 7.19. The number of Topliss-reactive ketones (excluding diaryl/α,β-unsaturated/α-hetero) is 1. The SMILES string of the molecule is COC(C(=O)Cc1ccc(F)c(Cl)c1)C1CCCCC1. The first-order chi connectivity index (χ1) is 9.61. The molecule has 0 saturated heterocycles. The van der Waals surface area contributed by atoms with Crippen LogP contribution < -0.4 is 0 Å². The highest BCUT2D eigenvalue weighted by atomic mass is 35.5. The Morgan fingerprint density at radius 1 is 1.40 bits per heavy atom. The van der Waals surface area contributed by atoms with Gasteiger partial charge >= 0.3 is 0 Å². The summed E-state index contributed by atoms with van der Waals surface area (Å²) in [6.45, 7) is 0. The number of halogens is 2. The van der Waals surface area contributed by atoms with Gasteiger partial charge in [0.15, 0.2) is 5.78 Å². The fourth-order valence-corrected chi connectivity index (χ4v) is 3.18. The second-order valence-corrected chi connectivity index (χ2v) is 5.85. The summed E-state index contributed by atoms with van der Waals surface area (Å²) < 4.78 is 18.5. The third kappa shape index (κ3) is 3.80. The smallest absolute Gasteiger partial charge is 0.166 e. The van der Waals surface area contributed by atoms with Gasteiger partial charge in [0.2, 0.25) is 0 Å². The molecule has 1 unspecified atom stereocenters. The lowest BCUT2D eigenvalue weighted by Crippen LogP contribution is -2.34. The number of benzene rings is 1. The summed E-state index contributed by atoms with van der Waals surface area (Å²) >= 11 is 5.74.